The Bertz CT molecular complexity index is 1080. The summed E-state index contributed by atoms with van der Waals surface area (Å²) in [6.45, 7) is 5.53. The number of rotatable bonds is 6. The van der Waals surface area contributed by atoms with Gasteiger partial charge in [-0.3, -0.25) is 0 Å². The summed E-state index contributed by atoms with van der Waals surface area (Å²) in [7, 11) is 0. The molecule has 0 bridgehead atoms. The number of anilines is 1. The molecule has 0 aliphatic heterocycles. The number of esters is 1. The van der Waals surface area contributed by atoms with Gasteiger partial charge in [-0.05, 0) is 62.4 Å². The zero-order valence-corrected chi connectivity index (χ0v) is 20.1. The van der Waals surface area contributed by atoms with Crippen LogP contribution in [0.4, 0.5) is 5.82 Å². The largest absolute Gasteiger partial charge is 0.458 e. The molecule has 4 rings (SSSR count). The molecule has 0 spiro atoms. The summed E-state index contributed by atoms with van der Waals surface area (Å²) in [5.74, 6) is 1.12. The van der Waals surface area contributed by atoms with Gasteiger partial charge in [0.2, 0.25) is 5.71 Å². The number of ether oxygens (including phenoxy) is 2. The second-order valence-electron chi connectivity index (χ2n) is 9.04. The summed E-state index contributed by atoms with van der Waals surface area (Å²) in [5, 5.41) is 4.37. The Morgan fingerprint density at radius 2 is 2.00 bits per heavy atom. The van der Waals surface area contributed by atoms with Crippen LogP contribution in [0, 0.1) is 0 Å². The normalized spacial score (nSPS) is 19.1. The van der Waals surface area contributed by atoms with Gasteiger partial charge in [-0.15, -0.1) is 0 Å². The van der Waals surface area contributed by atoms with Crippen LogP contribution >= 0.6 is 15.9 Å². The fraction of sp³-hybridized carbons (Fsp3) is 0.458. The molecule has 170 valence electrons. The number of carbonyl (C=O) groups excluding carboxylic acids is 1. The van der Waals surface area contributed by atoms with Gasteiger partial charge in [0, 0.05) is 11.6 Å². The minimum Gasteiger partial charge on any atom is -0.458 e. The molecule has 2 aromatic heterocycles. The van der Waals surface area contributed by atoms with E-state index in [-0.39, 0.29) is 24.7 Å². The zero-order valence-electron chi connectivity index (χ0n) is 18.6. The van der Waals surface area contributed by atoms with E-state index in [1.54, 1.807) is 0 Å². The van der Waals surface area contributed by atoms with Crippen molar-refractivity contribution in [2.75, 3.05) is 11.9 Å². The molecule has 1 aliphatic carbocycles. The lowest BCUT2D eigenvalue weighted by Crippen LogP contribution is -2.34. The van der Waals surface area contributed by atoms with Gasteiger partial charge < -0.3 is 19.2 Å². The highest BCUT2D eigenvalue weighted by Crippen LogP contribution is 2.40. The molecule has 0 unspecified atom stereocenters. The number of hydrogen-bond donors (Lipinski definition) is 1. The van der Waals surface area contributed by atoms with E-state index in [9.17, 15) is 4.79 Å². The van der Waals surface area contributed by atoms with Crippen molar-refractivity contribution in [2.45, 2.75) is 64.2 Å². The first-order valence-corrected chi connectivity index (χ1v) is 11.7. The van der Waals surface area contributed by atoms with E-state index in [4.69, 9.17) is 13.9 Å². The van der Waals surface area contributed by atoms with Crippen LogP contribution in [0.1, 0.15) is 46.5 Å². The molecule has 1 N–H and O–H groups in total. The fourth-order valence-electron chi connectivity index (χ4n) is 3.96. The van der Waals surface area contributed by atoms with Crippen molar-refractivity contribution >= 4 is 38.8 Å². The Kier molecular flexibility index (Phi) is 6.81. The van der Waals surface area contributed by atoms with Crippen molar-refractivity contribution in [1.29, 1.82) is 0 Å². The standard InChI is InChI=1S/C24H28BrN3O4/c1-24(2,3)32-18(29)13-30-17-11-7-10-16(12-17)28-22-19-20(25)21(15-8-5-4-6-9-15)31-23(19)27-14-26-22/h4-6,8-9,14,16-17H,7,10-13H2,1-3H3,(H,26,27,28)/t16-,17+/m1/s1. The fourth-order valence-corrected chi connectivity index (χ4v) is 4.63. The van der Waals surface area contributed by atoms with E-state index in [1.165, 1.54) is 6.33 Å². The second-order valence-corrected chi connectivity index (χ2v) is 9.83. The molecule has 0 amide bonds. The van der Waals surface area contributed by atoms with Crippen LogP contribution < -0.4 is 5.32 Å². The number of hydrogen-bond acceptors (Lipinski definition) is 7. The van der Waals surface area contributed by atoms with Gasteiger partial charge in [-0.25, -0.2) is 14.8 Å². The summed E-state index contributed by atoms with van der Waals surface area (Å²) >= 11 is 3.69. The number of benzene rings is 1. The van der Waals surface area contributed by atoms with Crippen molar-refractivity contribution in [3.8, 4) is 11.3 Å². The zero-order chi connectivity index (χ0) is 22.7. The minimum absolute atomic E-state index is 0.00114. The summed E-state index contributed by atoms with van der Waals surface area (Å²) < 4.78 is 18.1. The molecule has 7 nitrogen and oxygen atoms in total. The molecule has 2 heterocycles. The monoisotopic (exact) mass is 501 g/mol. The third-order valence-electron chi connectivity index (χ3n) is 5.29. The SMILES string of the molecule is CC(C)(C)OC(=O)CO[C@H]1CCC[C@@H](Nc2ncnc3oc(-c4ccccc4)c(Br)c23)C1. The molecular formula is C24H28BrN3O4. The lowest BCUT2D eigenvalue weighted by molar-refractivity contribution is -0.162. The molecule has 3 aromatic rings. The van der Waals surface area contributed by atoms with Crippen LogP contribution in [0.5, 0.6) is 0 Å². The van der Waals surface area contributed by atoms with E-state index >= 15 is 0 Å². The summed E-state index contributed by atoms with van der Waals surface area (Å²) in [5.41, 5.74) is 0.991. The van der Waals surface area contributed by atoms with Crippen molar-refractivity contribution < 1.29 is 18.7 Å². The Labute approximate surface area is 196 Å². The first-order valence-electron chi connectivity index (χ1n) is 10.9. The molecule has 0 radical (unpaired) electrons. The summed E-state index contributed by atoms with van der Waals surface area (Å²) in [6.07, 6.45) is 5.22. The van der Waals surface area contributed by atoms with Gasteiger partial charge in [0.25, 0.3) is 0 Å². The maximum Gasteiger partial charge on any atom is 0.332 e. The van der Waals surface area contributed by atoms with Gasteiger partial charge in [-0.2, -0.15) is 0 Å². The maximum atomic E-state index is 12.0. The van der Waals surface area contributed by atoms with Gasteiger partial charge >= 0.3 is 5.97 Å². The van der Waals surface area contributed by atoms with Gasteiger partial charge in [0.05, 0.1) is 16.0 Å². The topological polar surface area (TPSA) is 86.5 Å². The van der Waals surface area contributed by atoms with Crippen molar-refractivity contribution in [3.05, 3.63) is 41.1 Å². The van der Waals surface area contributed by atoms with Gasteiger partial charge in [0.15, 0.2) is 5.76 Å². The lowest BCUT2D eigenvalue weighted by atomic mass is 9.92. The van der Waals surface area contributed by atoms with Crippen LogP contribution in [0.3, 0.4) is 0 Å². The average Bonchev–Trinajstić information content (AvgIpc) is 3.10. The number of fused-ring (bicyclic) bond motifs is 1. The Morgan fingerprint density at radius 3 is 2.75 bits per heavy atom. The van der Waals surface area contributed by atoms with Crippen molar-refractivity contribution in [3.63, 3.8) is 0 Å². The third kappa shape index (κ3) is 5.48. The molecule has 8 heteroatoms. The van der Waals surface area contributed by atoms with E-state index in [0.717, 1.165) is 52.7 Å². The quantitative estimate of drug-likeness (QED) is 0.431. The van der Waals surface area contributed by atoms with Gasteiger partial charge in [-0.1, -0.05) is 30.3 Å². The van der Waals surface area contributed by atoms with Gasteiger partial charge in [0.1, 0.15) is 24.4 Å². The van der Waals surface area contributed by atoms with Crippen LogP contribution in [0.15, 0.2) is 45.5 Å². The summed E-state index contributed by atoms with van der Waals surface area (Å²) in [6, 6.07) is 10.1. The number of carbonyl (C=O) groups is 1. The smallest absolute Gasteiger partial charge is 0.332 e. The van der Waals surface area contributed by atoms with Crippen molar-refractivity contribution in [1.82, 2.24) is 9.97 Å². The molecule has 1 saturated carbocycles. The molecule has 1 aromatic carbocycles. The first-order chi connectivity index (χ1) is 15.3. The predicted molar refractivity (Wildman–Crippen MR) is 126 cm³/mol. The molecule has 1 aliphatic rings. The van der Waals surface area contributed by atoms with E-state index in [0.29, 0.717) is 5.71 Å². The van der Waals surface area contributed by atoms with E-state index in [2.05, 4.69) is 31.2 Å². The highest BCUT2D eigenvalue weighted by molar-refractivity contribution is 9.10. The lowest BCUT2D eigenvalue weighted by Gasteiger charge is -2.30. The highest BCUT2D eigenvalue weighted by atomic mass is 79.9. The predicted octanol–water partition coefficient (Wildman–Crippen LogP) is 5.73. The van der Waals surface area contributed by atoms with Crippen LogP contribution in [-0.4, -0.2) is 40.3 Å². The molecular weight excluding hydrogens is 474 g/mol. The first kappa shape index (κ1) is 22.7. The molecule has 1 fully saturated rings. The average molecular weight is 502 g/mol. The number of furan rings is 1. The summed E-state index contributed by atoms with van der Waals surface area (Å²) in [4.78, 5) is 20.8. The third-order valence-corrected chi connectivity index (χ3v) is 6.05. The maximum absolute atomic E-state index is 12.0. The van der Waals surface area contributed by atoms with Crippen LogP contribution in [0.2, 0.25) is 0 Å². The number of halogens is 1. The van der Waals surface area contributed by atoms with Crippen LogP contribution in [0.25, 0.3) is 22.4 Å². The van der Waals surface area contributed by atoms with E-state index < -0.39 is 5.60 Å². The number of nitrogens with zero attached hydrogens (tertiary/aromatic N) is 2. The Morgan fingerprint density at radius 1 is 1.22 bits per heavy atom. The second kappa shape index (κ2) is 9.58. The molecule has 0 saturated heterocycles. The Hall–Kier alpha value is -2.45. The molecule has 2 atom stereocenters. The minimum atomic E-state index is -0.508. The molecule has 32 heavy (non-hydrogen) atoms. The highest BCUT2D eigenvalue weighted by Gasteiger charge is 2.26. The number of nitrogens with one attached hydrogen (secondary N) is 1. The van der Waals surface area contributed by atoms with Crippen LogP contribution in [-0.2, 0) is 14.3 Å². The van der Waals surface area contributed by atoms with Crippen molar-refractivity contribution in [2.24, 2.45) is 0 Å². The number of aromatic nitrogens is 2. The Balaban J connectivity index is 1.45. The van der Waals surface area contributed by atoms with E-state index in [1.807, 2.05) is 51.1 Å².